The second-order valence-electron chi connectivity index (χ2n) is 10.2. The minimum atomic E-state index is -0.270. The fraction of sp³-hybridized carbons (Fsp3) is 0.500. The largest absolute Gasteiger partial charge is 0.378 e. The number of hydrogen-bond donors (Lipinski definition) is 3. The average Bonchev–Trinajstić information content (AvgIpc) is 3.01. The summed E-state index contributed by atoms with van der Waals surface area (Å²) in [6.45, 7) is 1.29. The summed E-state index contributed by atoms with van der Waals surface area (Å²) >= 11 is 0. The maximum atomic E-state index is 13.7. The number of carbonyl (C=O) groups excluding carboxylic acids is 2. The number of rotatable bonds is 8. The molecule has 4 rings (SSSR count). The van der Waals surface area contributed by atoms with Gasteiger partial charge in [-0.15, -0.1) is 0 Å². The molecule has 0 radical (unpaired) electrons. The molecule has 0 aromatic heterocycles. The van der Waals surface area contributed by atoms with Crippen molar-refractivity contribution in [3.8, 4) is 0 Å². The Morgan fingerprint density at radius 3 is 2.60 bits per heavy atom. The predicted octanol–water partition coefficient (Wildman–Crippen LogP) is 3.89. The fourth-order valence-electron chi connectivity index (χ4n) is 5.49. The van der Waals surface area contributed by atoms with Crippen LogP contribution in [0.2, 0.25) is 0 Å². The topological polar surface area (TPSA) is 84.9 Å². The number of hydroxylamine groups is 1. The fourth-order valence-corrected chi connectivity index (χ4v) is 5.49. The summed E-state index contributed by atoms with van der Waals surface area (Å²) in [6, 6.07) is 16.4. The van der Waals surface area contributed by atoms with Gasteiger partial charge in [-0.2, -0.15) is 0 Å². The molecule has 2 aromatic rings. The number of para-hydroxylation sites is 1. The van der Waals surface area contributed by atoms with Crippen LogP contribution < -0.4 is 20.6 Å². The molecule has 0 saturated heterocycles. The predicted molar refractivity (Wildman–Crippen MR) is 139 cm³/mol. The van der Waals surface area contributed by atoms with Crippen LogP contribution in [-0.2, 0) is 22.6 Å². The lowest BCUT2D eigenvalue weighted by molar-refractivity contribution is -0.134. The van der Waals surface area contributed by atoms with E-state index < -0.39 is 0 Å². The van der Waals surface area contributed by atoms with Crippen molar-refractivity contribution in [2.45, 2.75) is 57.5 Å². The van der Waals surface area contributed by atoms with Crippen molar-refractivity contribution >= 4 is 23.2 Å². The lowest BCUT2D eigenvalue weighted by atomic mass is 9.79. The third-order valence-electron chi connectivity index (χ3n) is 7.55. The van der Waals surface area contributed by atoms with Gasteiger partial charge in [0, 0.05) is 31.4 Å². The SMILES string of the molecule is CN(C)c1ccc(CN2C(=O)[C@@H](NCCC3CCC[C@H](C(=O)NO)C3)CCc3ccccc32)cc1. The molecule has 1 aliphatic heterocycles. The third-order valence-corrected chi connectivity index (χ3v) is 7.55. The molecule has 7 nitrogen and oxygen atoms in total. The van der Waals surface area contributed by atoms with E-state index in [-0.39, 0.29) is 23.8 Å². The van der Waals surface area contributed by atoms with Crippen molar-refractivity contribution in [3.05, 3.63) is 59.7 Å². The van der Waals surface area contributed by atoms with Crippen LogP contribution in [0.1, 0.15) is 49.7 Å². The number of nitrogens with one attached hydrogen (secondary N) is 2. The molecular formula is C28H38N4O3. The van der Waals surface area contributed by atoms with E-state index in [4.69, 9.17) is 5.21 Å². The van der Waals surface area contributed by atoms with Crippen molar-refractivity contribution in [1.29, 1.82) is 0 Å². The van der Waals surface area contributed by atoms with E-state index in [0.29, 0.717) is 12.5 Å². The summed E-state index contributed by atoms with van der Waals surface area (Å²) in [6.07, 6.45) is 6.28. The molecule has 1 heterocycles. The lowest BCUT2D eigenvalue weighted by Crippen LogP contribution is -2.46. The molecule has 2 aliphatic rings. The van der Waals surface area contributed by atoms with Gasteiger partial charge in [-0.1, -0.05) is 43.2 Å². The van der Waals surface area contributed by atoms with Gasteiger partial charge in [-0.25, -0.2) is 5.48 Å². The van der Waals surface area contributed by atoms with Crippen LogP contribution in [0.25, 0.3) is 0 Å². The Morgan fingerprint density at radius 1 is 1.09 bits per heavy atom. The number of hydrogen-bond acceptors (Lipinski definition) is 5. The normalized spacial score (nSPS) is 22.3. The highest BCUT2D eigenvalue weighted by Gasteiger charge is 2.31. The van der Waals surface area contributed by atoms with Crippen LogP contribution in [0.15, 0.2) is 48.5 Å². The molecular weight excluding hydrogens is 440 g/mol. The quantitative estimate of drug-likeness (QED) is 0.396. The van der Waals surface area contributed by atoms with Crippen molar-refractivity contribution in [2.24, 2.45) is 11.8 Å². The Labute approximate surface area is 208 Å². The van der Waals surface area contributed by atoms with Gasteiger partial charge in [0.25, 0.3) is 0 Å². The first-order valence-electron chi connectivity index (χ1n) is 12.8. The van der Waals surface area contributed by atoms with Gasteiger partial charge in [0.1, 0.15) is 0 Å². The van der Waals surface area contributed by atoms with E-state index >= 15 is 0 Å². The van der Waals surface area contributed by atoms with Crippen LogP contribution in [0, 0.1) is 11.8 Å². The van der Waals surface area contributed by atoms with Crippen molar-refractivity contribution < 1.29 is 14.8 Å². The summed E-state index contributed by atoms with van der Waals surface area (Å²) in [4.78, 5) is 29.6. The standard InChI is InChI=1S/C28H38N4O3/c1-31(2)24-13-10-21(11-14-24)19-32-26-9-4-3-7-22(26)12-15-25(28(32)34)29-17-16-20-6-5-8-23(18-20)27(33)30-35/h3-4,7,9-11,13-14,20,23,25,29,35H,5-6,8,12,15-19H2,1-2H3,(H,30,33)/t20?,23-,25-/m0/s1. The molecule has 0 spiro atoms. The monoisotopic (exact) mass is 478 g/mol. The van der Waals surface area contributed by atoms with Gasteiger partial charge < -0.3 is 15.1 Å². The maximum absolute atomic E-state index is 13.7. The van der Waals surface area contributed by atoms with E-state index in [9.17, 15) is 9.59 Å². The Morgan fingerprint density at radius 2 is 1.86 bits per heavy atom. The molecule has 188 valence electrons. The molecule has 2 amide bonds. The Kier molecular flexibility index (Phi) is 8.42. The summed E-state index contributed by atoms with van der Waals surface area (Å²) in [5.41, 5.74) is 6.27. The van der Waals surface area contributed by atoms with Gasteiger partial charge in [0.2, 0.25) is 11.8 Å². The van der Waals surface area contributed by atoms with Crippen LogP contribution in [0.5, 0.6) is 0 Å². The van der Waals surface area contributed by atoms with Crippen LogP contribution in [-0.4, -0.2) is 43.7 Å². The number of aryl methyl sites for hydroxylation is 1. The molecule has 3 N–H and O–H groups in total. The number of amides is 2. The number of nitrogens with zero attached hydrogens (tertiary/aromatic N) is 2. The summed E-state index contributed by atoms with van der Waals surface area (Å²) in [7, 11) is 4.05. The van der Waals surface area contributed by atoms with Gasteiger partial charge in [-0.05, 0) is 73.9 Å². The molecule has 35 heavy (non-hydrogen) atoms. The van der Waals surface area contributed by atoms with E-state index in [1.807, 2.05) is 36.6 Å². The highest BCUT2D eigenvalue weighted by atomic mass is 16.5. The van der Waals surface area contributed by atoms with Crippen LogP contribution in [0.3, 0.4) is 0 Å². The minimum Gasteiger partial charge on any atom is -0.378 e. The highest BCUT2D eigenvalue weighted by molar-refractivity contribution is 5.98. The van der Waals surface area contributed by atoms with Gasteiger partial charge in [-0.3, -0.25) is 14.8 Å². The zero-order chi connectivity index (χ0) is 24.8. The summed E-state index contributed by atoms with van der Waals surface area (Å²) in [5.74, 6) is 0.173. The van der Waals surface area contributed by atoms with Gasteiger partial charge >= 0.3 is 0 Å². The second kappa shape index (κ2) is 11.7. The minimum absolute atomic E-state index is 0.109. The first-order chi connectivity index (χ1) is 17.0. The zero-order valence-corrected chi connectivity index (χ0v) is 20.9. The van der Waals surface area contributed by atoms with Crippen molar-refractivity contribution in [2.75, 3.05) is 30.4 Å². The Balaban J connectivity index is 1.42. The third kappa shape index (κ3) is 6.21. The van der Waals surface area contributed by atoms with E-state index in [2.05, 4.69) is 46.6 Å². The Bertz CT molecular complexity index is 1010. The van der Waals surface area contributed by atoms with E-state index in [0.717, 1.165) is 68.4 Å². The second-order valence-corrected chi connectivity index (χ2v) is 10.2. The smallest absolute Gasteiger partial charge is 0.246 e. The van der Waals surface area contributed by atoms with Crippen LogP contribution >= 0.6 is 0 Å². The number of benzene rings is 2. The van der Waals surface area contributed by atoms with E-state index in [1.54, 1.807) is 0 Å². The lowest BCUT2D eigenvalue weighted by Gasteiger charge is -2.29. The molecule has 7 heteroatoms. The van der Waals surface area contributed by atoms with E-state index in [1.165, 1.54) is 5.56 Å². The maximum Gasteiger partial charge on any atom is 0.246 e. The first kappa shape index (κ1) is 25.2. The van der Waals surface area contributed by atoms with Crippen molar-refractivity contribution in [3.63, 3.8) is 0 Å². The molecule has 3 atom stereocenters. The van der Waals surface area contributed by atoms with Crippen LogP contribution in [0.4, 0.5) is 11.4 Å². The Hall–Kier alpha value is -2.90. The first-order valence-corrected chi connectivity index (χ1v) is 12.8. The summed E-state index contributed by atoms with van der Waals surface area (Å²) in [5, 5.41) is 12.5. The molecule has 0 bridgehead atoms. The average molecular weight is 479 g/mol. The van der Waals surface area contributed by atoms with Crippen molar-refractivity contribution in [1.82, 2.24) is 10.8 Å². The summed E-state index contributed by atoms with van der Waals surface area (Å²) < 4.78 is 0. The van der Waals surface area contributed by atoms with Gasteiger partial charge in [0.05, 0.1) is 12.6 Å². The molecule has 1 saturated carbocycles. The molecule has 1 fully saturated rings. The number of carbonyl (C=O) groups is 2. The number of fused-ring (bicyclic) bond motifs is 1. The molecule has 1 unspecified atom stereocenters. The highest BCUT2D eigenvalue weighted by Crippen LogP contribution is 2.32. The molecule has 1 aliphatic carbocycles. The zero-order valence-electron chi connectivity index (χ0n) is 20.9. The number of anilines is 2. The molecule has 2 aromatic carbocycles. The van der Waals surface area contributed by atoms with Gasteiger partial charge in [0.15, 0.2) is 0 Å².